The van der Waals surface area contributed by atoms with E-state index in [1.165, 1.54) is 12.1 Å². The van der Waals surface area contributed by atoms with Crippen molar-refractivity contribution in [2.24, 2.45) is 0 Å². The number of pyridine rings is 1. The molecule has 1 atom stereocenters. The first-order chi connectivity index (χ1) is 10.3. The molecular weight excluding hydrogens is 360 g/mol. The monoisotopic (exact) mass is 364 g/mol. The van der Waals surface area contributed by atoms with Crippen molar-refractivity contribution in [1.82, 2.24) is 4.98 Å². The van der Waals surface area contributed by atoms with Crippen molar-refractivity contribution < 1.29 is 13.2 Å². The summed E-state index contributed by atoms with van der Waals surface area (Å²) in [4.78, 5) is 3.68. The largest absolute Gasteiger partial charge is 0.417 e. The molecule has 0 radical (unpaired) electrons. The maximum atomic E-state index is 12.6. The fraction of sp³-hybridized carbons (Fsp3) is 0.143. The van der Waals surface area contributed by atoms with E-state index in [9.17, 15) is 18.4 Å². The SMILES string of the molecule is N#C[C@H](c1ncc(C(F)(F)F)cc1Cl)c1c(Cl)cccc1Cl. The molecule has 0 aliphatic rings. The molecule has 0 spiro atoms. The van der Waals surface area contributed by atoms with E-state index in [1.807, 2.05) is 6.07 Å². The van der Waals surface area contributed by atoms with Crippen molar-refractivity contribution in [3.8, 4) is 6.07 Å². The lowest BCUT2D eigenvalue weighted by Crippen LogP contribution is -2.09. The number of rotatable bonds is 2. The lowest BCUT2D eigenvalue weighted by molar-refractivity contribution is -0.137. The second-order valence-electron chi connectivity index (χ2n) is 4.29. The Bertz CT molecular complexity index is 734. The first kappa shape index (κ1) is 16.9. The lowest BCUT2D eigenvalue weighted by Gasteiger charge is -2.15. The van der Waals surface area contributed by atoms with E-state index >= 15 is 0 Å². The van der Waals surface area contributed by atoms with Gasteiger partial charge in [0.05, 0.1) is 22.3 Å². The van der Waals surface area contributed by atoms with Crippen LogP contribution in [0.5, 0.6) is 0 Å². The second-order valence-corrected chi connectivity index (χ2v) is 5.51. The van der Waals surface area contributed by atoms with Gasteiger partial charge < -0.3 is 0 Å². The van der Waals surface area contributed by atoms with Crippen LogP contribution in [0.25, 0.3) is 0 Å². The maximum Gasteiger partial charge on any atom is 0.417 e. The molecule has 0 amide bonds. The van der Waals surface area contributed by atoms with Gasteiger partial charge in [-0.25, -0.2) is 0 Å². The van der Waals surface area contributed by atoms with Crippen LogP contribution in [-0.4, -0.2) is 4.98 Å². The van der Waals surface area contributed by atoms with Gasteiger partial charge in [-0.1, -0.05) is 40.9 Å². The Labute approximate surface area is 139 Å². The zero-order valence-electron chi connectivity index (χ0n) is 10.6. The molecule has 114 valence electrons. The first-order valence-corrected chi connectivity index (χ1v) is 6.95. The minimum Gasteiger partial charge on any atom is -0.257 e. The quantitative estimate of drug-likeness (QED) is 0.683. The average molecular weight is 366 g/mol. The van der Waals surface area contributed by atoms with Crippen LogP contribution in [0.3, 0.4) is 0 Å². The number of aromatic nitrogens is 1. The summed E-state index contributed by atoms with van der Waals surface area (Å²) in [6.45, 7) is 0. The highest BCUT2D eigenvalue weighted by Gasteiger charge is 2.33. The van der Waals surface area contributed by atoms with E-state index < -0.39 is 17.7 Å². The van der Waals surface area contributed by atoms with Gasteiger partial charge in [-0.15, -0.1) is 0 Å². The fourth-order valence-corrected chi connectivity index (χ4v) is 2.76. The molecule has 1 heterocycles. The van der Waals surface area contributed by atoms with Crippen LogP contribution in [0.2, 0.25) is 15.1 Å². The summed E-state index contributed by atoms with van der Waals surface area (Å²) < 4.78 is 37.9. The Morgan fingerprint density at radius 1 is 1.09 bits per heavy atom. The summed E-state index contributed by atoms with van der Waals surface area (Å²) in [5.41, 5.74) is -0.780. The van der Waals surface area contributed by atoms with E-state index in [-0.39, 0.29) is 26.3 Å². The molecule has 2 nitrogen and oxygen atoms in total. The zero-order valence-corrected chi connectivity index (χ0v) is 12.9. The van der Waals surface area contributed by atoms with E-state index in [0.717, 1.165) is 6.07 Å². The van der Waals surface area contributed by atoms with Crippen molar-refractivity contribution in [3.05, 3.63) is 62.4 Å². The molecule has 8 heteroatoms. The van der Waals surface area contributed by atoms with Gasteiger partial charge >= 0.3 is 6.18 Å². The number of hydrogen-bond donors (Lipinski definition) is 0. The standard InChI is InChI=1S/C14H6Cl3F3N2/c15-9-2-1-3-10(16)12(9)8(5-21)13-11(17)4-7(6-22-13)14(18,19)20/h1-4,6,8H/t8-/m0/s1. The molecule has 0 bridgehead atoms. The van der Waals surface area contributed by atoms with Gasteiger partial charge in [0.15, 0.2) is 0 Å². The van der Waals surface area contributed by atoms with Crippen LogP contribution < -0.4 is 0 Å². The van der Waals surface area contributed by atoms with Crippen LogP contribution in [-0.2, 0) is 6.18 Å². The van der Waals surface area contributed by atoms with Gasteiger partial charge in [0, 0.05) is 21.8 Å². The molecule has 0 saturated heterocycles. The maximum absolute atomic E-state index is 12.6. The summed E-state index contributed by atoms with van der Waals surface area (Å²) in [6, 6.07) is 7.27. The number of benzene rings is 1. The topological polar surface area (TPSA) is 36.7 Å². The predicted octanol–water partition coefficient (Wildman–Crippen LogP) is 5.72. The Morgan fingerprint density at radius 2 is 1.68 bits per heavy atom. The molecule has 0 aliphatic carbocycles. The molecular formula is C14H6Cl3F3N2. The third-order valence-corrected chi connectivity index (χ3v) is 3.85. The minimum atomic E-state index is -4.57. The zero-order chi connectivity index (χ0) is 16.5. The van der Waals surface area contributed by atoms with Crippen LogP contribution in [0.15, 0.2) is 30.5 Å². The lowest BCUT2D eigenvalue weighted by atomic mass is 9.96. The van der Waals surface area contributed by atoms with E-state index in [4.69, 9.17) is 34.8 Å². The Kier molecular flexibility index (Phi) is 4.86. The first-order valence-electron chi connectivity index (χ1n) is 5.82. The van der Waals surface area contributed by atoms with Gasteiger partial charge in [0.1, 0.15) is 5.92 Å². The molecule has 2 rings (SSSR count). The third-order valence-electron chi connectivity index (χ3n) is 2.89. The Hall–Kier alpha value is -1.48. The van der Waals surface area contributed by atoms with Crippen molar-refractivity contribution >= 4 is 34.8 Å². The van der Waals surface area contributed by atoms with E-state index in [0.29, 0.717) is 6.20 Å². The summed E-state index contributed by atoms with van der Waals surface area (Å²) in [5, 5.41) is 9.48. The molecule has 1 aromatic carbocycles. The fourth-order valence-electron chi connectivity index (χ4n) is 1.86. The Balaban J connectivity index is 2.57. The third kappa shape index (κ3) is 3.30. The molecule has 1 aromatic heterocycles. The van der Waals surface area contributed by atoms with Gasteiger partial charge in [-0.3, -0.25) is 4.98 Å². The van der Waals surface area contributed by atoms with Crippen molar-refractivity contribution in [2.45, 2.75) is 12.1 Å². The van der Waals surface area contributed by atoms with Crippen LogP contribution in [0.4, 0.5) is 13.2 Å². The highest BCUT2D eigenvalue weighted by atomic mass is 35.5. The summed E-state index contributed by atoms with van der Waals surface area (Å²) in [7, 11) is 0. The van der Waals surface area contributed by atoms with E-state index in [1.54, 1.807) is 6.07 Å². The number of nitriles is 1. The van der Waals surface area contributed by atoms with Gasteiger partial charge in [-0.05, 0) is 18.2 Å². The molecule has 22 heavy (non-hydrogen) atoms. The van der Waals surface area contributed by atoms with Crippen molar-refractivity contribution in [3.63, 3.8) is 0 Å². The van der Waals surface area contributed by atoms with E-state index in [2.05, 4.69) is 4.98 Å². The molecule has 0 unspecified atom stereocenters. The molecule has 0 saturated carbocycles. The smallest absolute Gasteiger partial charge is 0.257 e. The number of nitrogens with zero attached hydrogens (tertiary/aromatic N) is 2. The predicted molar refractivity (Wildman–Crippen MR) is 78.2 cm³/mol. The van der Waals surface area contributed by atoms with Crippen LogP contribution >= 0.6 is 34.8 Å². The highest BCUT2D eigenvalue weighted by molar-refractivity contribution is 6.36. The van der Waals surface area contributed by atoms with Crippen LogP contribution in [0.1, 0.15) is 22.7 Å². The number of alkyl halides is 3. The van der Waals surface area contributed by atoms with Gasteiger partial charge in [0.25, 0.3) is 0 Å². The second kappa shape index (κ2) is 6.33. The molecule has 2 aromatic rings. The van der Waals surface area contributed by atoms with Gasteiger partial charge in [-0.2, -0.15) is 18.4 Å². The summed E-state index contributed by atoms with van der Waals surface area (Å²) in [6.07, 6.45) is -3.95. The van der Waals surface area contributed by atoms with Crippen LogP contribution in [0, 0.1) is 11.3 Å². The number of halogens is 6. The highest BCUT2D eigenvalue weighted by Crippen LogP contribution is 2.38. The normalized spacial score (nSPS) is 12.8. The van der Waals surface area contributed by atoms with Crippen molar-refractivity contribution in [1.29, 1.82) is 5.26 Å². The molecule has 0 aliphatic heterocycles. The number of hydrogen-bond acceptors (Lipinski definition) is 2. The van der Waals surface area contributed by atoms with Crippen molar-refractivity contribution in [2.75, 3.05) is 0 Å². The Morgan fingerprint density at radius 3 is 2.14 bits per heavy atom. The summed E-state index contributed by atoms with van der Waals surface area (Å²) in [5.74, 6) is -1.07. The summed E-state index contributed by atoms with van der Waals surface area (Å²) >= 11 is 17.9. The minimum absolute atomic E-state index is 0.0350. The molecule has 0 fully saturated rings. The average Bonchev–Trinajstić information content (AvgIpc) is 2.42. The van der Waals surface area contributed by atoms with Gasteiger partial charge in [0.2, 0.25) is 0 Å². The molecule has 0 N–H and O–H groups in total.